The summed E-state index contributed by atoms with van der Waals surface area (Å²) in [6.07, 6.45) is 8.10. The molecule has 1 saturated carbocycles. The molecule has 1 fully saturated rings. The third kappa shape index (κ3) is 20.1. The van der Waals surface area contributed by atoms with Crippen LogP contribution in [0, 0.1) is 16.1 Å². The number of phenolic OH excluding ortho intramolecular Hbond substituents is 1. The molecule has 1 N–H and O–H groups in total. The van der Waals surface area contributed by atoms with Gasteiger partial charge in [0.15, 0.2) is 0 Å². The van der Waals surface area contributed by atoms with Gasteiger partial charge >= 0.3 is 21.5 Å². The average Bonchev–Trinajstić information content (AvgIpc) is 3.61. The molecule has 9 nitrogen and oxygen atoms in total. The minimum atomic E-state index is -5.82. The van der Waals surface area contributed by atoms with Gasteiger partial charge in [0.2, 0.25) is 0 Å². The molecule has 1 atom stereocenters. The van der Waals surface area contributed by atoms with Crippen LogP contribution in [0.15, 0.2) is 65.1 Å². The van der Waals surface area contributed by atoms with Crippen LogP contribution in [0.1, 0.15) is 130 Å². The molecule has 0 aliphatic heterocycles. The Balaban J connectivity index is 0.000000422. The normalized spacial score (nSPS) is 14.8. The van der Waals surface area contributed by atoms with Gasteiger partial charge in [0, 0.05) is 22.2 Å². The molecule has 4 rings (SSSR count). The number of likely N-dealkylation sites (N-methyl/N-ethyl adjacent to an activating group) is 1. The maximum Gasteiger partial charge on any atom is 0.518 e. The number of benzene rings is 3. The first kappa shape index (κ1) is 58.1. The highest BCUT2D eigenvalue weighted by Gasteiger charge is 2.46. The number of alkyl halides is 3. The maximum absolute atomic E-state index is 12.1. The number of hydrogen-bond donors (Lipinski definition) is 1. The summed E-state index contributed by atoms with van der Waals surface area (Å²) in [6, 6.07) is 19.1. The molecular formula is C46H66F3I3N2O7S. The molecule has 0 aromatic heterocycles. The van der Waals surface area contributed by atoms with E-state index in [-0.39, 0.29) is 28.0 Å². The zero-order valence-corrected chi connectivity index (χ0v) is 45.5. The van der Waals surface area contributed by atoms with Crippen LogP contribution in [0.25, 0.3) is 0 Å². The number of carbonyl (C=O) groups excluding carboxylic acids is 1. The smallest absolute Gasteiger partial charge is 0.518 e. The van der Waals surface area contributed by atoms with Gasteiger partial charge in [0.25, 0.3) is 0 Å². The number of aromatic hydroxyl groups is 1. The largest absolute Gasteiger partial charge is 0.858 e. The number of nitrogens with zero attached hydrogens (tertiary/aromatic N) is 2. The topological polar surface area (TPSA) is 125 Å². The van der Waals surface area contributed by atoms with E-state index >= 15 is 0 Å². The fourth-order valence-electron chi connectivity index (χ4n) is 5.40. The van der Waals surface area contributed by atoms with E-state index in [2.05, 4.69) is 91.3 Å². The van der Waals surface area contributed by atoms with E-state index < -0.39 is 21.4 Å². The van der Waals surface area contributed by atoms with Crippen molar-refractivity contribution in [2.45, 2.75) is 130 Å². The van der Waals surface area contributed by atoms with Gasteiger partial charge in [-0.2, -0.15) is 26.0 Å². The van der Waals surface area contributed by atoms with Gasteiger partial charge in [-0.3, -0.25) is 4.79 Å². The summed E-state index contributed by atoms with van der Waals surface area (Å²) in [5, 5.41) is 20.6. The standard InChI is InChI=1S/C17H26O.C11H24NO2.C10H14O.C8H3F3I3NO3S/c1-5-16(2,3)14-8-10-15(11-9-14)18-17(4)12-6-7-13-17;1-7-11(2,3)10(13)14-9-8-12(4,5)6;1-3-8(2)9-4-6-10(11)7-5-9;9-8(10,11)19(17,18)15-7(16)4-1-3(12)2-5(13)6(4)14/h8-11H,5-7,12-13H2,1-4H3;7-9H2,1-6H3;4-8,11H,3H2,1-2H3;1-2H,(H,15,16)/q;+1;;/p-1. The molecule has 0 spiro atoms. The Morgan fingerprint density at radius 2 is 1.45 bits per heavy atom. The van der Waals surface area contributed by atoms with Gasteiger partial charge in [-0.05, 0) is 192 Å². The van der Waals surface area contributed by atoms with Gasteiger partial charge < -0.3 is 24.2 Å². The van der Waals surface area contributed by atoms with E-state index in [1.165, 1.54) is 42.9 Å². The van der Waals surface area contributed by atoms with E-state index in [0.29, 0.717) is 29.0 Å². The monoisotopic (exact) mass is 1230 g/mol. The van der Waals surface area contributed by atoms with E-state index in [0.717, 1.165) is 36.0 Å². The molecule has 0 saturated heterocycles. The van der Waals surface area contributed by atoms with E-state index in [4.69, 9.17) is 14.6 Å². The Morgan fingerprint density at radius 1 is 0.919 bits per heavy atom. The van der Waals surface area contributed by atoms with Crippen molar-refractivity contribution >= 4 is 89.7 Å². The lowest BCUT2D eigenvalue weighted by molar-refractivity contribution is -0.870. The number of quaternary nitrogens is 1. The van der Waals surface area contributed by atoms with Crippen molar-refractivity contribution in [1.29, 1.82) is 0 Å². The van der Waals surface area contributed by atoms with Gasteiger partial charge in [0.1, 0.15) is 30.3 Å². The molecule has 1 aliphatic carbocycles. The first-order chi connectivity index (χ1) is 28.3. The van der Waals surface area contributed by atoms with Crippen molar-refractivity contribution in [2.24, 2.45) is 9.81 Å². The second kappa shape index (κ2) is 25.1. The number of hydrogen-bond acceptors (Lipinski definition) is 7. The zero-order chi connectivity index (χ0) is 47.9. The molecule has 62 heavy (non-hydrogen) atoms. The summed E-state index contributed by atoms with van der Waals surface area (Å²) in [4.78, 5) is 11.6. The lowest BCUT2D eigenvalue weighted by Gasteiger charge is -2.27. The fraction of sp³-hybridized carbons (Fsp3) is 0.565. The number of rotatable bonds is 13. The SMILES string of the molecule is CCC(C)(C)C(=O)OCC[N+](C)(C)C.CCC(C)(C)c1ccc(OC2(C)CCCC2)cc1.CCC(C)c1ccc(O)cc1.O=S(=O)(N=C([O-])c1cc(I)cc(I)c1I)C(F)(F)F. The summed E-state index contributed by atoms with van der Waals surface area (Å²) in [7, 11) is 0.426. The summed E-state index contributed by atoms with van der Waals surface area (Å²) in [5.74, 6) is 0.439. The fourth-order valence-corrected chi connectivity index (χ4v) is 8.21. The lowest BCUT2D eigenvalue weighted by atomic mass is 9.82. The second-order valence-electron chi connectivity index (χ2n) is 17.9. The van der Waals surface area contributed by atoms with Crippen molar-refractivity contribution in [3.05, 3.63) is 88.1 Å². The van der Waals surface area contributed by atoms with Crippen LogP contribution < -0.4 is 9.84 Å². The summed E-state index contributed by atoms with van der Waals surface area (Å²) in [6.45, 7) is 20.6. The van der Waals surface area contributed by atoms with Crippen LogP contribution in [0.2, 0.25) is 0 Å². The second-order valence-corrected chi connectivity index (χ2v) is 23.0. The highest BCUT2D eigenvalue weighted by molar-refractivity contribution is 14.1. The first-order valence-electron chi connectivity index (χ1n) is 20.6. The minimum absolute atomic E-state index is 0.0712. The van der Waals surface area contributed by atoms with Crippen molar-refractivity contribution in [3.63, 3.8) is 0 Å². The number of esters is 1. The van der Waals surface area contributed by atoms with Crippen molar-refractivity contribution < 1.29 is 50.6 Å². The molecule has 0 heterocycles. The Labute approximate surface area is 410 Å². The van der Waals surface area contributed by atoms with Crippen molar-refractivity contribution in [2.75, 3.05) is 34.3 Å². The molecule has 0 bridgehead atoms. The molecule has 0 radical (unpaired) electrons. The van der Waals surface area contributed by atoms with Crippen LogP contribution in [-0.2, 0) is 25.0 Å². The number of phenols is 1. The number of carbonyl (C=O) groups is 1. The summed E-state index contributed by atoms with van der Waals surface area (Å²) < 4.78 is 74.0. The van der Waals surface area contributed by atoms with Crippen molar-refractivity contribution in [1.82, 2.24) is 0 Å². The van der Waals surface area contributed by atoms with Crippen molar-refractivity contribution in [3.8, 4) is 11.5 Å². The quantitative estimate of drug-likeness (QED) is 0.0451. The molecule has 16 heteroatoms. The Morgan fingerprint density at radius 3 is 1.90 bits per heavy atom. The lowest BCUT2D eigenvalue weighted by Crippen LogP contribution is -2.39. The molecule has 1 unspecified atom stereocenters. The predicted molar refractivity (Wildman–Crippen MR) is 268 cm³/mol. The summed E-state index contributed by atoms with van der Waals surface area (Å²) >= 11 is 5.49. The molecule has 350 valence electrons. The molecule has 3 aromatic rings. The van der Waals surface area contributed by atoms with E-state index in [9.17, 15) is 31.5 Å². The predicted octanol–water partition coefficient (Wildman–Crippen LogP) is 12.1. The van der Waals surface area contributed by atoms with Gasteiger partial charge in [0.05, 0.1) is 26.6 Å². The molecular weight excluding hydrogens is 1160 g/mol. The Bertz CT molecular complexity index is 2000. The zero-order valence-electron chi connectivity index (χ0n) is 38.2. The van der Waals surface area contributed by atoms with Gasteiger partial charge in [-0.25, -0.2) is 0 Å². The average molecular weight is 1230 g/mol. The van der Waals surface area contributed by atoms with Gasteiger partial charge in [-0.1, -0.05) is 65.8 Å². The molecule has 1 aliphatic rings. The summed E-state index contributed by atoms with van der Waals surface area (Å²) in [5.41, 5.74) is -3.07. The van der Waals surface area contributed by atoms with Crippen LogP contribution in [0.5, 0.6) is 11.5 Å². The third-order valence-electron chi connectivity index (χ3n) is 10.8. The number of sulfonamides is 1. The van der Waals surface area contributed by atoms with E-state index in [1.807, 2.05) is 78.1 Å². The van der Waals surface area contributed by atoms with Crippen LogP contribution in [0.4, 0.5) is 13.2 Å². The maximum atomic E-state index is 12.1. The minimum Gasteiger partial charge on any atom is -0.858 e. The number of halogens is 6. The van der Waals surface area contributed by atoms with E-state index in [1.54, 1.807) is 40.8 Å². The number of ether oxygens (including phenoxy) is 2. The highest BCUT2D eigenvalue weighted by Crippen LogP contribution is 2.35. The first-order valence-corrected chi connectivity index (χ1v) is 25.3. The van der Waals surface area contributed by atoms with Crippen LogP contribution in [-0.4, -0.2) is 75.3 Å². The van der Waals surface area contributed by atoms with Crippen LogP contribution in [0.3, 0.4) is 0 Å². The third-order valence-corrected chi connectivity index (χ3v) is 15.4. The van der Waals surface area contributed by atoms with Gasteiger partial charge in [-0.15, -0.1) is 0 Å². The molecule has 3 aromatic carbocycles. The highest BCUT2D eigenvalue weighted by atomic mass is 127. The van der Waals surface area contributed by atoms with Crippen LogP contribution >= 0.6 is 67.8 Å². The Hall–Kier alpha value is -1.91. The molecule has 0 amide bonds. The Kier molecular flexibility index (Phi) is 23.5.